The van der Waals surface area contributed by atoms with Gasteiger partial charge in [0.25, 0.3) is 6.43 Å². The van der Waals surface area contributed by atoms with E-state index in [0.29, 0.717) is 11.3 Å². The minimum Gasteiger partial charge on any atom is -0.496 e. The van der Waals surface area contributed by atoms with E-state index in [0.717, 1.165) is 0 Å². The van der Waals surface area contributed by atoms with Crippen molar-refractivity contribution in [3.05, 3.63) is 29.8 Å². The first-order chi connectivity index (χ1) is 8.04. The highest BCUT2D eigenvalue weighted by Gasteiger charge is 2.16. The van der Waals surface area contributed by atoms with Crippen LogP contribution in [0.4, 0.5) is 8.78 Å². The molecule has 0 aliphatic rings. The van der Waals surface area contributed by atoms with Gasteiger partial charge in [-0.25, -0.2) is 8.78 Å². The van der Waals surface area contributed by atoms with Gasteiger partial charge in [0.1, 0.15) is 5.75 Å². The van der Waals surface area contributed by atoms with Crippen molar-refractivity contribution < 1.29 is 18.6 Å². The molecule has 0 aliphatic carbocycles. The average Bonchev–Trinajstić information content (AvgIpc) is 2.27. The van der Waals surface area contributed by atoms with Crippen LogP contribution in [0.25, 0.3) is 0 Å². The highest BCUT2D eigenvalue weighted by Crippen LogP contribution is 2.25. The predicted octanol–water partition coefficient (Wildman–Crippen LogP) is 1.93. The smallest absolute Gasteiger partial charge is 0.251 e. The second-order valence-electron chi connectivity index (χ2n) is 3.87. The number of hydrogen-bond acceptors (Lipinski definition) is 3. The summed E-state index contributed by atoms with van der Waals surface area (Å²) in [6, 6.07) is 7.01. The molecule has 3 nitrogen and oxygen atoms in total. The van der Waals surface area contributed by atoms with Crippen molar-refractivity contribution in [1.82, 2.24) is 4.90 Å². The fourth-order valence-electron chi connectivity index (χ4n) is 1.65. The van der Waals surface area contributed by atoms with Gasteiger partial charge in [-0.1, -0.05) is 18.2 Å². The minimum atomic E-state index is -2.40. The summed E-state index contributed by atoms with van der Waals surface area (Å²) in [6.45, 7) is -0.211. The van der Waals surface area contributed by atoms with Gasteiger partial charge in [-0.15, -0.1) is 0 Å². The number of benzene rings is 1. The molecular weight excluding hydrogens is 228 g/mol. The van der Waals surface area contributed by atoms with E-state index in [1.807, 2.05) is 0 Å². The number of ether oxygens (including phenoxy) is 1. The Morgan fingerprint density at radius 1 is 1.29 bits per heavy atom. The van der Waals surface area contributed by atoms with E-state index in [4.69, 9.17) is 4.74 Å². The van der Waals surface area contributed by atoms with E-state index in [1.165, 1.54) is 12.0 Å². The molecule has 0 saturated heterocycles. The molecule has 1 N–H and O–H groups in total. The average molecular weight is 245 g/mol. The summed E-state index contributed by atoms with van der Waals surface area (Å²) in [5, 5.41) is 9.95. The number of para-hydroxylation sites is 1. The highest BCUT2D eigenvalue weighted by molar-refractivity contribution is 5.35. The quantitative estimate of drug-likeness (QED) is 0.831. The van der Waals surface area contributed by atoms with Crippen LogP contribution < -0.4 is 4.74 Å². The number of alkyl halides is 2. The first-order valence-electron chi connectivity index (χ1n) is 5.32. The van der Waals surface area contributed by atoms with Gasteiger partial charge in [0.05, 0.1) is 19.8 Å². The number of aliphatic hydroxyl groups is 1. The van der Waals surface area contributed by atoms with Gasteiger partial charge in [-0.05, 0) is 13.1 Å². The zero-order chi connectivity index (χ0) is 12.8. The molecule has 1 aromatic carbocycles. The van der Waals surface area contributed by atoms with Gasteiger partial charge < -0.3 is 9.84 Å². The Morgan fingerprint density at radius 2 is 1.94 bits per heavy atom. The van der Waals surface area contributed by atoms with Crippen LogP contribution in [0, 0.1) is 0 Å². The Hall–Kier alpha value is -1.20. The first kappa shape index (κ1) is 13.9. The summed E-state index contributed by atoms with van der Waals surface area (Å²) in [5.41, 5.74) is 0.608. The fourth-order valence-corrected chi connectivity index (χ4v) is 1.65. The number of rotatable bonds is 6. The lowest BCUT2D eigenvalue weighted by Crippen LogP contribution is -2.29. The van der Waals surface area contributed by atoms with Gasteiger partial charge in [-0.2, -0.15) is 0 Å². The first-order valence-corrected chi connectivity index (χ1v) is 5.32. The minimum absolute atomic E-state index is 0.144. The van der Waals surface area contributed by atoms with Crippen molar-refractivity contribution in [1.29, 1.82) is 0 Å². The van der Waals surface area contributed by atoms with Crippen molar-refractivity contribution in [2.24, 2.45) is 0 Å². The van der Waals surface area contributed by atoms with Crippen LogP contribution >= 0.6 is 0 Å². The van der Waals surface area contributed by atoms with Crippen LogP contribution in [-0.4, -0.2) is 43.7 Å². The fraction of sp³-hybridized carbons (Fsp3) is 0.500. The Morgan fingerprint density at radius 3 is 2.53 bits per heavy atom. The van der Waals surface area contributed by atoms with E-state index in [2.05, 4.69) is 0 Å². The molecule has 0 amide bonds. The van der Waals surface area contributed by atoms with E-state index in [1.54, 1.807) is 31.3 Å². The number of nitrogens with zero attached hydrogens (tertiary/aromatic N) is 1. The molecule has 1 atom stereocenters. The van der Waals surface area contributed by atoms with Gasteiger partial charge in [0.2, 0.25) is 0 Å². The summed E-state index contributed by atoms with van der Waals surface area (Å²) < 4.78 is 29.4. The summed E-state index contributed by atoms with van der Waals surface area (Å²) in [7, 11) is 3.05. The molecular formula is C12H17F2NO2. The monoisotopic (exact) mass is 245 g/mol. The zero-order valence-corrected chi connectivity index (χ0v) is 9.94. The molecule has 5 heteroatoms. The third kappa shape index (κ3) is 4.28. The van der Waals surface area contributed by atoms with Crippen LogP contribution in [0.5, 0.6) is 5.75 Å². The molecule has 0 saturated carbocycles. The summed E-state index contributed by atoms with van der Waals surface area (Å²) in [5.74, 6) is 0.561. The number of methoxy groups -OCH3 is 1. The predicted molar refractivity (Wildman–Crippen MR) is 61.5 cm³/mol. The second-order valence-corrected chi connectivity index (χ2v) is 3.87. The van der Waals surface area contributed by atoms with Crippen LogP contribution in [0.2, 0.25) is 0 Å². The van der Waals surface area contributed by atoms with E-state index in [9.17, 15) is 13.9 Å². The van der Waals surface area contributed by atoms with E-state index < -0.39 is 12.5 Å². The molecule has 0 heterocycles. The Labute approximate surface area is 99.6 Å². The molecule has 0 radical (unpaired) electrons. The molecule has 1 unspecified atom stereocenters. The lowest BCUT2D eigenvalue weighted by atomic mass is 10.1. The molecule has 96 valence electrons. The van der Waals surface area contributed by atoms with Crippen LogP contribution in [-0.2, 0) is 0 Å². The molecule has 0 aromatic heterocycles. The molecule has 1 rings (SSSR count). The molecule has 1 aromatic rings. The van der Waals surface area contributed by atoms with Gasteiger partial charge in [-0.3, -0.25) is 4.90 Å². The van der Waals surface area contributed by atoms with Crippen molar-refractivity contribution >= 4 is 0 Å². The van der Waals surface area contributed by atoms with Gasteiger partial charge >= 0.3 is 0 Å². The molecule has 0 bridgehead atoms. The maximum Gasteiger partial charge on any atom is 0.251 e. The van der Waals surface area contributed by atoms with Crippen LogP contribution in [0.1, 0.15) is 11.7 Å². The largest absolute Gasteiger partial charge is 0.496 e. The number of likely N-dealkylation sites (N-methyl/N-ethyl adjacent to an activating group) is 1. The molecule has 0 spiro atoms. The molecule has 17 heavy (non-hydrogen) atoms. The SMILES string of the molecule is COc1ccccc1C(O)CN(C)CC(F)F. The zero-order valence-electron chi connectivity index (χ0n) is 9.94. The van der Waals surface area contributed by atoms with Gasteiger partial charge in [0, 0.05) is 12.1 Å². The Kier molecular flexibility index (Phi) is 5.31. The molecule has 0 fully saturated rings. The van der Waals surface area contributed by atoms with E-state index in [-0.39, 0.29) is 13.1 Å². The van der Waals surface area contributed by atoms with Crippen LogP contribution in [0.15, 0.2) is 24.3 Å². The number of hydrogen-bond donors (Lipinski definition) is 1. The lowest BCUT2D eigenvalue weighted by molar-refractivity contribution is 0.0672. The van der Waals surface area contributed by atoms with Crippen molar-refractivity contribution in [2.75, 3.05) is 27.2 Å². The Balaban J connectivity index is 2.65. The third-order valence-electron chi connectivity index (χ3n) is 2.43. The number of halogens is 2. The maximum atomic E-state index is 12.1. The summed E-state index contributed by atoms with van der Waals surface area (Å²) in [6.07, 6.45) is -3.24. The van der Waals surface area contributed by atoms with E-state index >= 15 is 0 Å². The van der Waals surface area contributed by atoms with Crippen LogP contribution in [0.3, 0.4) is 0 Å². The number of aliphatic hydroxyl groups excluding tert-OH is 1. The summed E-state index contributed by atoms with van der Waals surface area (Å²) in [4.78, 5) is 1.39. The highest BCUT2D eigenvalue weighted by atomic mass is 19.3. The second kappa shape index (κ2) is 6.51. The maximum absolute atomic E-state index is 12.1. The lowest BCUT2D eigenvalue weighted by Gasteiger charge is -2.21. The standard InChI is InChI=1S/C12H17F2NO2/c1-15(8-12(13)14)7-10(16)9-5-3-4-6-11(9)17-2/h3-6,10,12,16H,7-8H2,1-2H3. The topological polar surface area (TPSA) is 32.7 Å². The third-order valence-corrected chi connectivity index (χ3v) is 2.43. The van der Waals surface area contributed by atoms with Crippen molar-refractivity contribution in [3.63, 3.8) is 0 Å². The van der Waals surface area contributed by atoms with Gasteiger partial charge in [0.15, 0.2) is 0 Å². The van der Waals surface area contributed by atoms with Crippen molar-refractivity contribution in [3.8, 4) is 5.75 Å². The Bertz CT molecular complexity index is 347. The van der Waals surface area contributed by atoms with Crippen molar-refractivity contribution in [2.45, 2.75) is 12.5 Å². The normalized spacial score (nSPS) is 13.1. The summed E-state index contributed by atoms with van der Waals surface area (Å²) >= 11 is 0. The molecule has 0 aliphatic heterocycles.